The van der Waals surface area contributed by atoms with Gasteiger partial charge in [0.15, 0.2) is 23.9 Å². The lowest BCUT2D eigenvalue weighted by molar-refractivity contribution is -0.121. The summed E-state index contributed by atoms with van der Waals surface area (Å²) in [4.78, 5) is 49.1. The highest BCUT2D eigenvalue weighted by atomic mass is 16.5. The van der Waals surface area contributed by atoms with Crippen molar-refractivity contribution in [2.45, 2.75) is 12.8 Å². The Bertz CT molecular complexity index is 949. The fourth-order valence-electron chi connectivity index (χ4n) is 2.92. The van der Waals surface area contributed by atoms with Crippen LogP contribution in [0.3, 0.4) is 0 Å². The third kappa shape index (κ3) is 4.26. The lowest BCUT2D eigenvalue weighted by atomic mass is 10.1. The number of esters is 1. The maximum atomic E-state index is 12.3. The van der Waals surface area contributed by atoms with Crippen LogP contribution in [-0.4, -0.2) is 44.4 Å². The fourth-order valence-corrected chi connectivity index (χ4v) is 2.92. The summed E-state index contributed by atoms with van der Waals surface area (Å²) in [5, 5.41) is 0. The van der Waals surface area contributed by atoms with Crippen LogP contribution >= 0.6 is 0 Å². The van der Waals surface area contributed by atoms with E-state index < -0.39 is 18.4 Å². The summed E-state index contributed by atoms with van der Waals surface area (Å²) in [5.41, 5.74) is 0.917. The average Bonchev–Trinajstić information content (AvgIpc) is 3.09. The highest BCUT2D eigenvalue weighted by molar-refractivity contribution is 6.19. The van der Waals surface area contributed by atoms with Crippen LogP contribution in [0.1, 0.15) is 33.6 Å². The molecule has 8 heteroatoms. The normalized spacial score (nSPS) is 13.4. The summed E-state index contributed by atoms with van der Waals surface area (Å²) in [6, 6.07) is 10.5. The summed E-state index contributed by atoms with van der Waals surface area (Å²) in [6.45, 7) is -0.445. The number of ketones is 1. The van der Waals surface area contributed by atoms with Crippen LogP contribution in [0.25, 0.3) is 0 Å². The number of benzene rings is 2. The smallest absolute Gasteiger partial charge is 0.338 e. The molecule has 0 bridgehead atoms. The third-order valence-corrected chi connectivity index (χ3v) is 4.45. The molecule has 150 valence electrons. The Kier molecular flexibility index (Phi) is 5.92. The van der Waals surface area contributed by atoms with Gasteiger partial charge in [-0.15, -0.1) is 0 Å². The van der Waals surface area contributed by atoms with Crippen molar-refractivity contribution >= 4 is 29.3 Å². The zero-order valence-corrected chi connectivity index (χ0v) is 16.0. The summed E-state index contributed by atoms with van der Waals surface area (Å²) in [7, 11) is 2.95. The molecule has 2 aromatic rings. The molecular weight excluding hydrogens is 378 g/mol. The minimum absolute atomic E-state index is 0.181. The van der Waals surface area contributed by atoms with Gasteiger partial charge in [0.2, 0.25) is 11.8 Å². The van der Waals surface area contributed by atoms with Gasteiger partial charge < -0.3 is 14.2 Å². The summed E-state index contributed by atoms with van der Waals surface area (Å²) in [5.74, 6) is -0.757. The van der Waals surface area contributed by atoms with Crippen molar-refractivity contribution in [1.29, 1.82) is 0 Å². The second-order valence-corrected chi connectivity index (χ2v) is 6.24. The van der Waals surface area contributed by atoms with E-state index in [4.69, 9.17) is 14.2 Å². The van der Waals surface area contributed by atoms with E-state index in [0.717, 1.165) is 4.90 Å². The molecule has 3 rings (SSSR count). The molecule has 0 radical (unpaired) electrons. The second-order valence-electron chi connectivity index (χ2n) is 6.24. The van der Waals surface area contributed by atoms with E-state index in [2.05, 4.69) is 0 Å². The molecule has 0 atom stereocenters. The second kappa shape index (κ2) is 8.55. The minimum atomic E-state index is -0.690. The number of hydrogen-bond donors (Lipinski definition) is 0. The van der Waals surface area contributed by atoms with Gasteiger partial charge in [0, 0.05) is 18.4 Å². The molecule has 1 saturated heterocycles. The number of rotatable bonds is 7. The van der Waals surface area contributed by atoms with Crippen LogP contribution in [0.15, 0.2) is 42.5 Å². The van der Waals surface area contributed by atoms with Crippen LogP contribution in [0.5, 0.6) is 11.5 Å². The van der Waals surface area contributed by atoms with E-state index in [1.165, 1.54) is 44.6 Å². The molecule has 8 nitrogen and oxygen atoms in total. The maximum Gasteiger partial charge on any atom is 0.338 e. The zero-order chi connectivity index (χ0) is 21.0. The molecule has 29 heavy (non-hydrogen) atoms. The molecule has 0 spiro atoms. The predicted octanol–water partition coefficient (Wildman–Crippen LogP) is 2.40. The molecule has 1 aliphatic heterocycles. The summed E-state index contributed by atoms with van der Waals surface area (Å²) < 4.78 is 15.3. The van der Waals surface area contributed by atoms with Crippen LogP contribution in [0, 0.1) is 0 Å². The summed E-state index contributed by atoms with van der Waals surface area (Å²) >= 11 is 0. The number of Topliss-reactive ketones (excluding diaryl/α,β-unsaturated/α-hetero) is 1. The van der Waals surface area contributed by atoms with Gasteiger partial charge >= 0.3 is 5.97 Å². The molecule has 1 heterocycles. The number of anilines is 1. The van der Waals surface area contributed by atoms with Gasteiger partial charge in [0.1, 0.15) is 0 Å². The first kappa shape index (κ1) is 20.1. The van der Waals surface area contributed by atoms with Crippen LogP contribution < -0.4 is 14.4 Å². The van der Waals surface area contributed by atoms with Gasteiger partial charge in [-0.2, -0.15) is 0 Å². The van der Waals surface area contributed by atoms with E-state index in [0.29, 0.717) is 22.7 Å². The van der Waals surface area contributed by atoms with E-state index in [1.54, 1.807) is 12.1 Å². The molecule has 0 unspecified atom stereocenters. The lowest BCUT2D eigenvalue weighted by Crippen LogP contribution is -2.28. The number of carbonyl (C=O) groups is 4. The Morgan fingerprint density at radius 2 is 1.45 bits per heavy atom. The fraction of sp³-hybridized carbons (Fsp3) is 0.238. The standard InChI is InChI=1S/C21H19NO7/c1-27-17-8-5-14(11-18(17)28-2)16(23)12-29-21(26)13-3-6-15(7-4-13)22-19(24)9-10-20(22)25/h3-8,11H,9-10,12H2,1-2H3. The Labute approximate surface area is 167 Å². The molecule has 2 aromatic carbocycles. The third-order valence-electron chi connectivity index (χ3n) is 4.45. The molecule has 0 aromatic heterocycles. The first-order valence-corrected chi connectivity index (χ1v) is 8.82. The van der Waals surface area contributed by atoms with E-state index in [1.807, 2.05) is 0 Å². The Morgan fingerprint density at radius 3 is 2.03 bits per heavy atom. The summed E-state index contributed by atoms with van der Waals surface area (Å²) in [6.07, 6.45) is 0.363. The SMILES string of the molecule is COc1ccc(C(=O)COC(=O)c2ccc(N3C(=O)CCC3=O)cc2)cc1OC. The van der Waals surface area contributed by atoms with Crippen molar-refractivity contribution in [3.8, 4) is 11.5 Å². The highest BCUT2D eigenvalue weighted by Crippen LogP contribution is 2.28. The molecule has 1 fully saturated rings. The predicted molar refractivity (Wildman–Crippen MR) is 102 cm³/mol. The molecular formula is C21H19NO7. The van der Waals surface area contributed by atoms with Crippen molar-refractivity contribution < 1.29 is 33.4 Å². The number of amides is 2. The quantitative estimate of drug-likeness (QED) is 0.402. The van der Waals surface area contributed by atoms with E-state index in [-0.39, 0.29) is 30.2 Å². The van der Waals surface area contributed by atoms with E-state index >= 15 is 0 Å². The first-order chi connectivity index (χ1) is 13.9. The number of hydrogen-bond acceptors (Lipinski definition) is 7. The molecule has 0 aliphatic carbocycles. The number of imide groups is 1. The molecule has 0 saturated carbocycles. The number of nitrogens with zero attached hydrogens (tertiary/aromatic N) is 1. The van der Waals surface area contributed by atoms with Crippen molar-refractivity contribution in [2.24, 2.45) is 0 Å². The van der Waals surface area contributed by atoms with Gasteiger partial charge in [-0.25, -0.2) is 4.79 Å². The van der Waals surface area contributed by atoms with Gasteiger partial charge in [0.05, 0.1) is 25.5 Å². The number of ether oxygens (including phenoxy) is 3. The monoisotopic (exact) mass is 397 g/mol. The van der Waals surface area contributed by atoms with Gasteiger partial charge in [0.25, 0.3) is 0 Å². The first-order valence-electron chi connectivity index (χ1n) is 8.82. The molecule has 2 amide bonds. The van der Waals surface area contributed by atoms with Gasteiger partial charge in [-0.1, -0.05) is 0 Å². The maximum absolute atomic E-state index is 12.3. The Morgan fingerprint density at radius 1 is 0.862 bits per heavy atom. The van der Waals surface area contributed by atoms with Gasteiger partial charge in [-0.05, 0) is 42.5 Å². The zero-order valence-electron chi connectivity index (χ0n) is 16.0. The van der Waals surface area contributed by atoms with Crippen molar-refractivity contribution in [2.75, 3.05) is 25.7 Å². The van der Waals surface area contributed by atoms with Crippen molar-refractivity contribution in [1.82, 2.24) is 0 Å². The molecule has 1 aliphatic rings. The largest absolute Gasteiger partial charge is 0.493 e. The van der Waals surface area contributed by atoms with Crippen molar-refractivity contribution in [3.63, 3.8) is 0 Å². The number of methoxy groups -OCH3 is 2. The topological polar surface area (TPSA) is 99.2 Å². The van der Waals surface area contributed by atoms with Crippen LogP contribution in [-0.2, 0) is 14.3 Å². The Hall–Kier alpha value is -3.68. The Balaban J connectivity index is 1.62. The molecule has 0 N–H and O–H groups in total. The van der Waals surface area contributed by atoms with E-state index in [9.17, 15) is 19.2 Å². The average molecular weight is 397 g/mol. The van der Waals surface area contributed by atoms with Gasteiger partial charge in [-0.3, -0.25) is 19.3 Å². The number of carbonyl (C=O) groups excluding carboxylic acids is 4. The highest BCUT2D eigenvalue weighted by Gasteiger charge is 2.30. The van der Waals surface area contributed by atoms with Crippen molar-refractivity contribution in [3.05, 3.63) is 53.6 Å². The van der Waals surface area contributed by atoms with Crippen LogP contribution in [0.2, 0.25) is 0 Å². The minimum Gasteiger partial charge on any atom is -0.493 e. The van der Waals surface area contributed by atoms with Crippen LogP contribution in [0.4, 0.5) is 5.69 Å². The lowest BCUT2D eigenvalue weighted by Gasteiger charge is -2.14.